The van der Waals surface area contributed by atoms with E-state index >= 15 is 0 Å². The molecule has 4 nitrogen and oxygen atoms in total. The van der Waals surface area contributed by atoms with Gasteiger partial charge in [0.15, 0.2) is 0 Å². The molecule has 0 radical (unpaired) electrons. The predicted molar refractivity (Wildman–Crippen MR) is 47.0 cm³/mol. The number of carbonyl (C=O) groups is 2. The summed E-state index contributed by atoms with van der Waals surface area (Å²) in [5, 5.41) is 0. The Bertz CT molecular complexity index is 215. The van der Waals surface area contributed by atoms with Crippen LogP contribution in [0, 0.1) is 0 Å². The summed E-state index contributed by atoms with van der Waals surface area (Å²) in [5.41, 5.74) is 5.67. The Morgan fingerprint density at radius 2 is 2.38 bits per heavy atom. The molecule has 2 atom stereocenters. The van der Waals surface area contributed by atoms with Gasteiger partial charge in [-0.2, -0.15) is 0 Å². The van der Waals surface area contributed by atoms with Gasteiger partial charge in [0.2, 0.25) is 0 Å². The zero-order valence-electron chi connectivity index (χ0n) is 7.79. The van der Waals surface area contributed by atoms with Crippen molar-refractivity contribution in [1.82, 2.24) is 0 Å². The van der Waals surface area contributed by atoms with Gasteiger partial charge in [-0.25, -0.2) is 0 Å². The third-order valence-electron chi connectivity index (χ3n) is 2.22. The van der Waals surface area contributed by atoms with E-state index in [1.165, 1.54) is 0 Å². The van der Waals surface area contributed by atoms with Gasteiger partial charge < -0.3 is 10.5 Å². The Kier molecular flexibility index (Phi) is 3.42. The second-order valence-corrected chi connectivity index (χ2v) is 3.33. The van der Waals surface area contributed by atoms with Crippen molar-refractivity contribution in [2.75, 3.05) is 0 Å². The lowest BCUT2D eigenvalue weighted by Crippen LogP contribution is -2.43. The molecule has 1 aliphatic carbocycles. The van der Waals surface area contributed by atoms with Crippen molar-refractivity contribution in [3.05, 3.63) is 0 Å². The summed E-state index contributed by atoms with van der Waals surface area (Å²) in [4.78, 5) is 21.9. The molecule has 1 fully saturated rings. The summed E-state index contributed by atoms with van der Waals surface area (Å²) in [6.07, 6.45) is 1.49. The van der Waals surface area contributed by atoms with Crippen molar-refractivity contribution in [2.24, 2.45) is 5.73 Å². The maximum absolute atomic E-state index is 11.0. The highest BCUT2D eigenvalue weighted by Crippen LogP contribution is 2.17. The minimum atomic E-state index is -0.309. The Hall–Kier alpha value is -0.900. The fourth-order valence-electron chi connectivity index (χ4n) is 1.41. The molecule has 0 aromatic rings. The van der Waals surface area contributed by atoms with Gasteiger partial charge in [0, 0.05) is 25.3 Å². The van der Waals surface area contributed by atoms with Crippen LogP contribution in [-0.2, 0) is 14.3 Å². The maximum atomic E-state index is 11.0. The Labute approximate surface area is 77.4 Å². The van der Waals surface area contributed by atoms with Crippen LogP contribution in [0.2, 0.25) is 0 Å². The minimum Gasteiger partial charge on any atom is -0.461 e. The van der Waals surface area contributed by atoms with Crippen LogP contribution >= 0.6 is 0 Å². The first-order valence-electron chi connectivity index (χ1n) is 4.60. The molecule has 0 spiro atoms. The van der Waals surface area contributed by atoms with Crippen molar-refractivity contribution >= 4 is 11.8 Å². The van der Waals surface area contributed by atoms with Crippen LogP contribution in [0.1, 0.15) is 32.6 Å². The highest BCUT2D eigenvalue weighted by atomic mass is 16.5. The summed E-state index contributed by atoms with van der Waals surface area (Å²) in [5.74, 6) is -0.0777. The molecule has 0 heterocycles. The summed E-state index contributed by atoms with van der Waals surface area (Å²) < 4.78 is 5.08. The quantitative estimate of drug-likeness (QED) is 0.632. The molecule has 0 aliphatic heterocycles. The molecular formula is C9H15NO3. The average Bonchev–Trinajstić information content (AvgIpc) is 2.09. The largest absolute Gasteiger partial charge is 0.461 e. The van der Waals surface area contributed by atoms with E-state index in [4.69, 9.17) is 10.5 Å². The van der Waals surface area contributed by atoms with Gasteiger partial charge in [0.05, 0.1) is 0 Å². The molecule has 0 saturated heterocycles. The van der Waals surface area contributed by atoms with Crippen LogP contribution in [0.25, 0.3) is 0 Å². The van der Waals surface area contributed by atoms with E-state index in [9.17, 15) is 9.59 Å². The molecule has 0 aromatic carbocycles. The number of rotatable bonds is 2. The highest BCUT2D eigenvalue weighted by molar-refractivity contribution is 5.80. The molecule has 2 N–H and O–H groups in total. The first-order valence-corrected chi connectivity index (χ1v) is 4.60. The summed E-state index contributed by atoms with van der Waals surface area (Å²) in [6, 6.07) is -0.309. The second-order valence-electron chi connectivity index (χ2n) is 3.33. The third kappa shape index (κ3) is 2.81. The molecule has 1 rings (SSSR count). The molecular weight excluding hydrogens is 170 g/mol. The van der Waals surface area contributed by atoms with Crippen molar-refractivity contribution in [3.8, 4) is 0 Å². The molecule has 13 heavy (non-hydrogen) atoms. The van der Waals surface area contributed by atoms with Gasteiger partial charge in [-0.3, -0.25) is 9.59 Å². The van der Waals surface area contributed by atoms with Crippen molar-refractivity contribution in [3.63, 3.8) is 0 Å². The minimum absolute atomic E-state index is 0.163. The number of nitrogens with two attached hydrogens (primary N) is 1. The van der Waals surface area contributed by atoms with Gasteiger partial charge >= 0.3 is 5.97 Å². The maximum Gasteiger partial charge on any atom is 0.305 e. The SMILES string of the molecule is CCC(=O)OC1CCC(=O)CC1N. The first kappa shape index (κ1) is 10.2. The van der Waals surface area contributed by atoms with Crippen molar-refractivity contribution in [1.29, 1.82) is 0 Å². The van der Waals surface area contributed by atoms with Crippen LogP contribution in [0.15, 0.2) is 0 Å². The standard InChI is InChI=1S/C9H15NO3/c1-2-9(12)13-8-4-3-6(11)5-7(8)10/h7-8H,2-5,10H2,1H3. The van der Waals surface area contributed by atoms with Gasteiger partial charge in [-0.15, -0.1) is 0 Å². The molecule has 0 amide bonds. The molecule has 4 heteroatoms. The number of hydrogen-bond donors (Lipinski definition) is 1. The summed E-state index contributed by atoms with van der Waals surface area (Å²) in [7, 11) is 0. The number of Topliss-reactive ketones (excluding diaryl/α,β-unsaturated/α-hetero) is 1. The Morgan fingerprint density at radius 1 is 1.69 bits per heavy atom. The van der Waals surface area contributed by atoms with E-state index in [-0.39, 0.29) is 23.9 Å². The molecule has 74 valence electrons. The zero-order chi connectivity index (χ0) is 9.84. The average molecular weight is 185 g/mol. The van der Waals surface area contributed by atoms with Gasteiger partial charge in [-0.1, -0.05) is 6.92 Å². The third-order valence-corrected chi connectivity index (χ3v) is 2.22. The van der Waals surface area contributed by atoms with E-state index in [1.807, 2.05) is 0 Å². The number of hydrogen-bond acceptors (Lipinski definition) is 4. The van der Waals surface area contributed by atoms with Crippen LogP contribution in [0.4, 0.5) is 0 Å². The second kappa shape index (κ2) is 4.37. The van der Waals surface area contributed by atoms with Crippen LogP contribution in [0.5, 0.6) is 0 Å². The lowest BCUT2D eigenvalue weighted by atomic mass is 9.92. The molecule has 1 saturated carbocycles. The van der Waals surface area contributed by atoms with Crippen molar-refractivity contribution < 1.29 is 14.3 Å². The predicted octanol–water partition coefficient (Wildman–Crippen LogP) is 0.389. The number of ketones is 1. The van der Waals surface area contributed by atoms with E-state index in [0.717, 1.165) is 0 Å². The van der Waals surface area contributed by atoms with E-state index in [0.29, 0.717) is 25.7 Å². The molecule has 0 bridgehead atoms. The fourth-order valence-corrected chi connectivity index (χ4v) is 1.41. The zero-order valence-corrected chi connectivity index (χ0v) is 7.79. The smallest absolute Gasteiger partial charge is 0.305 e. The van der Waals surface area contributed by atoms with Crippen LogP contribution < -0.4 is 5.73 Å². The Morgan fingerprint density at radius 3 is 2.92 bits per heavy atom. The number of ether oxygens (including phenoxy) is 1. The molecule has 0 aromatic heterocycles. The lowest BCUT2D eigenvalue weighted by Gasteiger charge is -2.27. The van der Waals surface area contributed by atoms with Crippen LogP contribution in [0.3, 0.4) is 0 Å². The number of esters is 1. The first-order chi connectivity index (χ1) is 6.13. The molecule has 1 aliphatic rings. The van der Waals surface area contributed by atoms with E-state index in [1.54, 1.807) is 6.92 Å². The van der Waals surface area contributed by atoms with Crippen molar-refractivity contribution in [2.45, 2.75) is 44.8 Å². The summed E-state index contributed by atoms with van der Waals surface area (Å²) >= 11 is 0. The monoisotopic (exact) mass is 185 g/mol. The van der Waals surface area contributed by atoms with Gasteiger partial charge in [0.25, 0.3) is 0 Å². The number of carbonyl (C=O) groups excluding carboxylic acids is 2. The Balaban J connectivity index is 2.42. The molecule has 2 unspecified atom stereocenters. The topological polar surface area (TPSA) is 69.4 Å². The fraction of sp³-hybridized carbons (Fsp3) is 0.778. The summed E-state index contributed by atoms with van der Waals surface area (Å²) in [6.45, 7) is 1.74. The van der Waals surface area contributed by atoms with Gasteiger partial charge in [0.1, 0.15) is 11.9 Å². The van der Waals surface area contributed by atoms with E-state index < -0.39 is 0 Å². The lowest BCUT2D eigenvalue weighted by molar-refractivity contribution is -0.152. The van der Waals surface area contributed by atoms with Gasteiger partial charge in [-0.05, 0) is 6.42 Å². The van der Waals surface area contributed by atoms with Crippen LogP contribution in [-0.4, -0.2) is 23.9 Å². The van der Waals surface area contributed by atoms with E-state index in [2.05, 4.69) is 0 Å². The normalized spacial score (nSPS) is 28.6. The highest BCUT2D eigenvalue weighted by Gasteiger charge is 2.28.